The Bertz CT molecular complexity index is 1060. The highest BCUT2D eigenvalue weighted by molar-refractivity contribution is 7.80. The van der Waals surface area contributed by atoms with Crippen molar-refractivity contribution in [3.8, 4) is 5.75 Å². The third kappa shape index (κ3) is 5.52. The van der Waals surface area contributed by atoms with Crippen molar-refractivity contribution in [1.82, 2.24) is 10.3 Å². The predicted octanol–water partition coefficient (Wildman–Crippen LogP) is 3.70. The van der Waals surface area contributed by atoms with Crippen LogP contribution in [0.2, 0.25) is 0 Å². The van der Waals surface area contributed by atoms with Crippen molar-refractivity contribution in [2.24, 2.45) is 0 Å². The lowest BCUT2D eigenvalue weighted by atomic mass is 10.2. The molecule has 0 bridgehead atoms. The van der Waals surface area contributed by atoms with Crippen molar-refractivity contribution in [1.29, 1.82) is 0 Å². The molecule has 0 spiro atoms. The molecule has 150 valence electrons. The molecule has 0 radical (unpaired) electrons. The van der Waals surface area contributed by atoms with E-state index in [-0.39, 0.29) is 29.0 Å². The number of oxazole rings is 1. The number of rotatable bonds is 5. The van der Waals surface area contributed by atoms with Crippen LogP contribution in [-0.2, 0) is 4.79 Å². The first-order valence-electron chi connectivity index (χ1n) is 8.87. The van der Waals surface area contributed by atoms with Gasteiger partial charge in [0, 0.05) is 24.2 Å². The average Bonchev–Trinajstić information content (AvgIpc) is 3.02. The molecule has 3 rings (SSSR count). The minimum atomic E-state index is -0.373. The summed E-state index contributed by atoms with van der Waals surface area (Å²) < 4.78 is 11.1. The van der Waals surface area contributed by atoms with Crippen LogP contribution in [-0.4, -0.2) is 28.0 Å². The molecule has 0 aliphatic heterocycles. The number of ether oxygens (including phenoxy) is 1. The molecule has 2 aromatic carbocycles. The Hall–Kier alpha value is -3.46. The standard InChI is InChI=1S/C20H20N4O4S/c1-11(2)27-15-7-4-13(5-8-15)18(26)23-20(29)24-19-22-16-9-6-14(21-12(3)25)10-17(16)28-19/h4-11H,1-3H3,(H,21,25)(H2,22,23,24,26,29). The van der Waals surface area contributed by atoms with Crippen molar-refractivity contribution >= 4 is 51.9 Å². The Morgan fingerprint density at radius 2 is 1.83 bits per heavy atom. The fraction of sp³-hybridized carbons (Fsp3) is 0.200. The average molecular weight is 412 g/mol. The second-order valence-electron chi connectivity index (χ2n) is 6.48. The van der Waals surface area contributed by atoms with Crippen LogP contribution in [0.15, 0.2) is 46.9 Å². The van der Waals surface area contributed by atoms with E-state index in [2.05, 4.69) is 20.9 Å². The zero-order valence-corrected chi connectivity index (χ0v) is 16.9. The fourth-order valence-electron chi connectivity index (χ4n) is 2.52. The van der Waals surface area contributed by atoms with E-state index in [0.29, 0.717) is 28.1 Å². The number of thiocarbonyl (C=S) groups is 1. The molecular formula is C20H20N4O4S. The van der Waals surface area contributed by atoms with Gasteiger partial charge in [-0.25, -0.2) is 0 Å². The molecule has 1 aromatic heterocycles. The molecule has 0 saturated heterocycles. The summed E-state index contributed by atoms with van der Waals surface area (Å²) in [6.45, 7) is 5.28. The van der Waals surface area contributed by atoms with Crippen LogP contribution in [0.25, 0.3) is 11.1 Å². The number of aromatic nitrogens is 1. The number of hydrogen-bond acceptors (Lipinski definition) is 6. The van der Waals surface area contributed by atoms with Crippen molar-refractivity contribution in [3.63, 3.8) is 0 Å². The van der Waals surface area contributed by atoms with Gasteiger partial charge in [-0.15, -0.1) is 0 Å². The number of amides is 2. The van der Waals surface area contributed by atoms with E-state index in [4.69, 9.17) is 21.4 Å². The molecular weight excluding hydrogens is 392 g/mol. The molecule has 0 aliphatic rings. The summed E-state index contributed by atoms with van der Waals surface area (Å²) in [4.78, 5) is 27.7. The maximum atomic E-state index is 12.3. The van der Waals surface area contributed by atoms with E-state index in [1.807, 2.05) is 13.8 Å². The van der Waals surface area contributed by atoms with Crippen LogP contribution >= 0.6 is 12.2 Å². The van der Waals surface area contributed by atoms with Crippen LogP contribution < -0.4 is 20.7 Å². The maximum Gasteiger partial charge on any atom is 0.302 e. The van der Waals surface area contributed by atoms with Gasteiger partial charge in [-0.1, -0.05) is 0 Å². The number of fused-ring (bicyclic) bond motifs is 1. The van der Waals surface area contributed by atoms with Gasteiger partial charge >= 0.3 is 6.01 Å². The Morgan fingerprint density at radius 3 is 2.48 bits per heavy atom. The van der Waals surface area contributed by atoms with Crippen molar-refractivity contribution in [3.05, 3.63) is 48.0 Å². The molecule has 9 heteroatoms. The number of nitrogens with zero attached hydrogens (tertiary/aromatic N) is 1. The maximum absolute atomic E-state index is 12.3. The molecule has 3 N–H and O–H groups in total. The highest BCUT2D eigenvalue weighted by Gasteiger charge is 2.12. The van der Waals surface area contributed by atoms with Gasteiger partial charge in [0.05, 0.1) is 6.10 Å². The van der Waals surface area contributed by atoms with E-state index >= 15 is 0 Å². The molecule has 0 fully saturated rings. The summed E-state index contributed by atoms with van der Waals surface area (Å²) in [5.41, 5.74) is 2.07. The summed E-state index contributed by atoms with van der Waals surface area (Å²) >= 11 is 5.16. The van der Waals surface area contributed by atoms with Crippen LogP contribution in [0.1, 0.15) is 31.1 Å². The van der Waals surface area contributed by atoms with E-state index in [1.54, 1.807) is 42.5 Å². The molecule has 0 atom stereocenters. The lowest BCUT2D eigenvalue weighted by Crippen LogP contribution is -2.34. The van der Waals surface area contributed by atoms with Gasteiger partial charge in [0.1, 0.15) is 11.3 Å². The second-order valence-corrected chi connectivity index (χ2v) is 6.89. The SMILES string of the molecule is CC(=O)Nc1ccc2nc(NC(=S)NC(=O)c3ccc(OC(C)C)cc3)oc2c1. The van der Waals surface area contributed by atoms with Gasteiger partial charge in [-0.3, -0.25) is 20.2 Å². The normalized spacial score (nSPS) is 10.6. The molecule has 2 amide bonds. The van der Waals surface area contributed by atoms with Gasteiger partial charge in [-0.05, 0) is 62.5 Å². The summed E-state index contributed by atoms with van der Waals surface area (Å²) in [5.74, 6) is 0.125. The van der Waals surface area contributed by atoms with E-state index in [0.717, 1.165) is 0 Å². The Kier molecular flexibility index (Phi) is 6.08. The number of nitrogens with one attached hydrogen (secondary N) is 3. The lowest BCUT2D eigenvalue weighted by Gasteiger charge is -2.10. The number of carbonyl (C=O) groups is 2. The second kappa shape index (κ2) is 8.70. The van der Waals surface area contributed by atoms with Crippen LogP contribution in [0.5, 0.6) is 5.75 Å². The Balaban J connectivity index is 1.62. The minimum Gasteiger partial charge on any atom is -0.491 e. The van der Waals surface area contributed by atoms with Gasteiger partial charge < -0.3 is 14.5 Å². The first kappa shape index (κ1) is 20.3. The number of benzene rings is 2. The summed E-state index contributed by atoms with van der Waals surface area (Å²) in [6.07, 6.45) is 0.0529. The third-order valence-corrected chi connectivity index (χ3v) is 3.85. The molecule has 0 saturated carbocycles. The first-order chi connectivity index (χ1) is 13.8. The zero-order chi connectivity index (χ0) is 21.0. The van der Waals surface area contributed by atoms with Crippen molar-refractivity contribution in [2.45, 2.75) is 26.9 Å². The van der Waals surface area contributed by atoms with Crippen LogP contribution in [0.3, 0.4) is 0 Å². The highest BCUT2D eigenvalue weighted by atomic mass is 32.1. The largest absolute Gasteiger partial charge is 0.491 e. The van der Waals surface area contributed by atoms with Crippen molar-refractivity contribution in [2.75, 3.05) is 10.6 Å². The third-order valence-electron chi connectivity index (χ3n) is 3.64. The fourth-order valence-corrected chi connectivity index (χ4v) is 2.70. The number of carbonyl (C=O) groups excluding carboxylic acids is 2. The lowest BCUT2D eigenvalue weighted by molar-refractivity contribution is -0.114. The van der Waals surface area contributed by atoms with Crippen molar-refractivity contribution < 1.29 is 18.7 Å². The van der Waals surface area contributed by atoms with Gasteiger partial charge in [0.25, 0.3) is 5.91 Å². The Morgan fingerprint density at radius 1 is 1.10 bits per heavy atom. The van der Waals surface area contributed by atoms with Crippen LogP contribution in [0, 0.1) is 0 Å². The summed E-state index contributed by atoms with van der Waals surface area (Å²) in [7, 11) is 0. The molecule has 0 unspecified atom stereocenters. The smallest absolute Gasteiger partial charge is 0.302 e. The van der Waals surface area contributed by atoms with Crippen LogP contribution in [0.4, 0.5) is 11.7 Å². The van der Waals surface area contributed by atoms with E-state index in [9.17, 15) is 9.59 Å². The van der Waals surface area contributed by atoms with Gasteiger partial charge in [0.15, 0.2) is 10.7 Å². The molecule has 0 aliphatic carbocycles. The quantitative estimate of drug-likeness (QED) is 0.549. The molecule has 1 heterocycles. The van der Waals surface area contributed by atoms with E-state index in [1.165, 1.54) is 6.92 Å². The first-order valence-corrected chi connectivity index (χ1v) is 9.28. The van der Waals surface area contributed by atoms with Gasteiger partial charge in [-0.2, -0.15) is 4.98 Å². The molecule has 29 heavy (non-hydrogen) atoms. The van der Waals surface area contributed by atoms with Gasteiger partial charge in [0.2, 0.25) is 5.91 Å². The highest BCUT2D eigenvalue weighted by Crippen LogP contribution is 2.22. The topological polar surface area (TPSA) is 105 Å². The number of anilines is 2. The predicted molar refractivity (Wildman–Crippen MR) is 114 cm³/mol. The summed E-state index contributed by atoms with van der Waals surface area (Å²) in [6, 6.07) is 11.9. The monoisotopic (exact) mass is 412 g/mol. The van der Waals surface area contributed by atoms with E-state index < -0.39 is 0 Å². The molecule has 8 nitrogen and oxygen atoms in total. The number of hydrogen-bond donors (Lipinski definition) is 3. The zero-order valence-electron chi connectivity index (χ0n) is 16.1. The summed E-state index contributed by atoms with van der Waals surface area (Å²) in [5, 5.41) is 8.02. The molecule has 3 aromatic rings. The Labute approximate surface area is 172 Å². The minimum absolute atomic E-state index is 0.0474.